The molecular weight excluding hydrogens is 240 g/mol. The van der Waals surface area contributed by atoms with Crippen LogP contribution in [0.4, 0.5) is 5.82 Å². The van der Waals surface area contributed by atoms with Crippen LogP contribution < -0.4 is 5.32 Å². The summed E-state index contributed by atoms with van der Waals surface area (Å²) in [6.45, 7) is 1.74. The summed E-state index contributed by atoms with van der Waals surface area (Å²) >= 11 is 0. The monoisotopic (exact) mass is 260 g/mol. The van der Waals surface area contributed by atoms with Crippen LogP contribution in [-0.2, 0) is 4.79 Å². The van der Waals surface area contributed by atoms with Crippen molar-refractivity contribution in [1.29, 1.82) is 0 Å². The van der Waals surface area contributed by atoms with Crippen LogP contribution in [0.3, 0.4) is 0 Å². The van der Waals surface area contributed by atoms with Gasteiger partial charge in [0.2, 0.25) is 5.91 Å². The number of carbonyl (C=O) groups is 1. The molecule has 2 heterocycles. The summed E-state index contributed by atoms with van der Waals surface area (Å²) in [4.78, 5) is 14.2. The van der Waals surface area contributed by atoms with Gasteiger partial charge >= 0.3 is 0 Å². The molecule has 1 aromatic rings. The summed E-state index contributed by atoms with van der Waals surface area (Å²) in [7, 11) is 0. The standard InChI is InChI=1S/C14H20N4O/c19-14(11-3-1-4-11)18-9-6-12(7-10-18)16-13-5-2-8-15-17-13/h2,5,8,11-12H,1,3-4,6-7,9-10H2,(H,16,17). The van der Waals surface area contributed by atoms with Crippen molar-refractivity contribution < 1.29 is 4.79 Å². The van der Waals surface area contributed by atoms with Crippen molar-refractivity contribution in [2.75, 3.05) is 18.4 Å². The van der Waals surface area contributed by atoms with Crippen LogP contribution in [-0.4, -0.2) is 40.1 Å². The molecule has 1 aromatic heterocycles. The van der Waals surface area contributed by atoms with Crippen LogP contribution in [0.5, 0.6) is 0 Å². The first-order valence-electron chi connectivity index (χ1n) is 7.16. The number of aromatic nitrogens is 2. The Morgan fingerprint density at radius 1 is 1.26 bits per heavy atom. The van der Waals surface area contributed by atoms with E-state index in [0.717, 1.165) is 44.6 Å². The molecule has 0 bridgehead atoms. The summed E-state index contributed by atoms with van der Waals surface area (Å²) < 4.78 is 0. The highest BCUT2D eigenvalue weighted by atomic mass is 16.2. The van der Waals surface area contributed by atoms with Gasteiger partial charge in [-0.1, -0.05) is 6.42 Å². The van der Waals surface area contributed by atoms with Gasteiger partial charge in [0.05, 0.1) is 0 Å². The van der Waals surface area contributed by atoms with E-state index >= 15 is 0 Å². The fourth-order valence-electron chi connectivity index (χ4n) is 2.75. The van der Waals surface area contributed by atoms with E-state index in [4.69, 9.17) is 0 Å². The van der Waals surface area contributed by atoms with Gasteiger partial charge in [0, 0.05) is 31.2 Å². The molecule has 102 valence electrons. The van der Waals surface area contributed by atoms with Gasteiger partial charge in [-0.25, -0.2) is 0 Å². The summed E-state index contributed by atoms with van der Waals surface area (Å²) in [6, 6.07) is 4.21. The number of carbonyl (C=O) groups excluding carboxylic acids is 1. The molecule has 0 unspecified atom stereocenters. The van der Waals surface area contributed by atoms with Gasteiger partial charge in [0.1, 0.15) is 5.82 Å². The molecule has 0 aromatic carbocycles. The normalized spacial score (nSPS) is 20.9. The number of hydrogen-bond acceptors (Lipinski definition) is 4. The lowest BCUT2D eigenvalue weighted by molar-refractivity contribution is -0.139. The Morgan fingerprint density at radius 2 is 2.05 bits per heavy atom. The highest BCUT2D eigenvalue weighted by Gasteiger charge is 2.31. The Balaban J connectivity index is 1.48. The van der Waals surface area contributed by atoms with Gasteiger partial charge in [0.25, 0.3) is 0 Å². The Kier molecular flexibility index (Phi) is 3.62. The van der Waals surface area contributed by atoms with E-state index in [1.165, 1.54) is 6.42 Å². The zero-order valence-electron chi connectivity index (χ0n) is 11.1. The van der Waals surface area contributed by atoms with Gasteiger partial charge in [-0.2, -0.15) is 5.10 Å². The smallest absolute Gasteiger partial charge is 0.225 e. The van der Waals surface area contributed by atoms with Crippen LogP contribution in [0.1, 0.15) is 32.1 Å². The zero-order valence-corrected chi connectivity index (χ0v) is 11.1. The van der Waals surface area contributed by atoms with Crippen molar-refractivity contribution in [2.24, 2.45) is 5.92 Å². The number of rotatable bonds is 3. The van der Waals surface area contributed by atoms with E-state index in [1.54, 1.807) is 6.20 Å². The minimum Gasteiger partial charge on any atom is -0.366 e. The maximum absolute atomic E-state index is 12.1. The minimum absolute atomic E-state index is 0.324. The van der Waals surface area contributed by atoms with Crippen molar-refractivity contribution in [3.8, 4) is 0 Å². The van der Waals surface area contributed by atoms with Crippen LogP contribution in [0, 0.1) is 5.92 Å². The van der Waals surface area contributed by atoms with Crippen molar-refractivity contribution >= 4 is 11.7 Å². The predicted molar refractivity (Wildman–Crippen MR) is 72.6 cm³/mol. The van der Waals surface area contributed by atoms with E-state index in [9.17, 15) is 4.79 Å². The molecule has 19 heavy (non-hydrogen) atoms. The maximum atomic E-state index is 12.1. The van der Waals surface area contributed by atoms with Gasteiger partial charge in [-0.05, 0) is 37.8 Å². The fraction of sp³-hybridized carbons (Fsp3) is 0.643. The molecule has 5 nitrogen and oxygen atoms in total. The van der Waals surface area contributed by atoms with Crippen LogP contribution in [0.15, 0.2) is 18.3 Å². The average Bonchev–Trinajstić information content (AvgIpc) is 2.39. The van der Waals surface area contributed by atoms with Crippen LogP contribution >= 0.6 is 0 Å². The highest BCUT2D eigenvalue weighted by molar-refractivity contribution is 5.79. The largest absolute Gasteiger partial charge is 0.366 e. The second-order valence-corrected chi connectivity index (χ2v) is 5.48. The molecule has 0 atom stereocenters. The van der Waals surface area contributed by atoms with Crippen molar-refractivity contribution in [3.63, 3.8) is 0 Å². The molecule has 1 amide bonds. The lowest BCUT2D eigenvalue weighted by Gasteiger charge is -2.36. The minimum atomic E-state index is 0.324. The topological polar surface area (TPSA) is 58.1 Å². The Bertz CT molecular complexity index is 424. The summed E-state index contributed by atoms with van der Waals surface area (Å²) in [6.07, 6.45) is 7.07. The number of likely N-dealkylation sites (tertiary alicyclic amines) is 1. The third-order valence-electron chi connectivity index (χ3n) is 4.19. The Labute approximate surface area is 113 Å². The van der Waals surface area contributed by atoms with Crippen molar-refractivity contribution in [2.45, 2.75) is 38.1 Å². The molecule has 1 saturated carbocycles. The van der Waals surface area contributed by atoms with Crippen LogP contribution in [0.25, 0.3) is 0 Å². The summed E-state index contributed by atoms with van der Waals surface area (Å²) in [5.41, 5.74) is 0. The molecule has 1 aliphatic heterocycles. The first-order chi connectivity index (χ1) is 9.33. The van der Waals surface area contributed by atoms with Crippen molar-refractivity contribution in [1.82, 2.24) is 15.1 Å². The van der Waals surface area contributed by atoms with E-state index in [-0.39, 0.29) is 0 Å². The molecule has 2 fully saturated rings. The van der Waals surface area contributed by atoms with Gasteiger partial charge < -0.3 is 10.2 Å². The molecule has 5 heteroatoms. The lowest BCUT2D eigenvalue weighted by atomic mass is 9.84. The second-order valence-electron chi connectivity index (χ2n) is 5.48. The number of nitrogens with zero attached hydrogens (tertiary/aromatic N) is 3. The van der Waals surface area contributed by atoms with E-state index in [2.05, 4.69) is 15.5 Å². The number of amides is 1. The van der Waals surface area contributed by atoms with Crippen molar-refractivity contribution in [3.05, 3.63) is 18.3 Å². The molecule has 2 aliphatic rings. The molecular formula is C14H20N4O. The first-order valence-corrected chi connectivity index (χ1v) is 7.16. The van der Waals surface area contributed by atoms with E-state index < -0.39 is 0 Å². The number of anilines is 1. The maximum Gasteiger partial charge on any atom is 0.225 e. The van der Waals surface area contributed by atoms with Gasteiger partial charge in [-0.3, -0.25) is 4.79 Å². The highest BCUT2D eigenvalue weighted by Crippen LogP contribution is 2.29. The molecule has 1 saturated heterocycles. The molecule has 1 N–H and O–H groups in total. The van der Waals surface area contributed by atoms with E-state index in [1.807, 2.05) is 17.0 Å². The molecule has 0 radical (unpaired) electrons. The zero-order chi connectivity index (χ0) is 13.1. The van der Waals surface area contributed by atoms with Gasteiger partial charge in [-0.15, -0.1) is 5.10 Å². The molecule has 1 aliphatic carbocycles. The van der Waals surface area contributed by atoms with Gasteiger partial charge in [0.15, 0.2) is 0 Å². The summed E-state index contributed by atoms with van der Waals surface area (Å²) in [5, 5.41) is 11.3. The third kappa shape index (κ3) is 2.85. The Morgan fingerprint density at radius 3 is 2.63 bits per heavy atom. The summed E-state index contributed by atoms with van der Waals surface area (Å²) in [5.74, 6) is 1.53. The second kappa shape index (κ2) is 5.55. The Hall–Kier alpha value is -1.65. The quantitative estimate of drug-likeness (QED) is 0.898. The first kappa shape index (κ1) is 12.4. The number of hydrogen-bond donors (Lipinski definition) is 1. The number of piperidine rings is 1. The van der Waals surface area contributed by atoms with Crippen LogP contribution in [0.2, 0.25) is 0 Å². The molecule has 3 rings (SSSR count). The number of nitrogens with one attached hydrogen (secondary N) is 1. The third-order valence-corrected chi connectivity index (χ3v) is 4.19. The SMILES string of the molecule is O=C(C1CCC1)N1CCC(Nc2cccnn2)CC1. The predicted octanol–water partition coefficient (Wildman–Crippen LogP) is 1.68. The fourth-order valence-corrected chi connectivity index (χ4v) is 2.75. The van der Waals surface area contributed by atoms with E-state index in [0.29, 0.717) is 17.9 Å². The average molecular weight is 260 g/mol. The lowest BCUT2D eigenvalue weighted by Crippen LogP contribution is -2.46. The molecule has 0 spiro atoms.